The van der Waals surface area contributed by atoms with Crippen LogP contribution in [-0.4, -0.2) is 5.91 Å². The summed E-state index contributed by atoms with van der Waals surface area (Å²) < 4.78 is 0. The van der Waals surface area contributed by atoms with Crippen LogP contribution in [0, 0.1) is 0 Å². The van der Waals surface area contributed by atoms with Gasteiger partial charge in [-0.15, -0.1) is 0 Å². The Hall–Kier alpha value is -1.31. The first-order chi connectivity index (χ1) is 7.02. The Kier molecular flexibility index (Phi) is 6.43. The maximum atomic E-state index is 11.7. The van der Waals surface area contributed by atoms with Crippen LogP contribution in [0.25, 0.3) is 0 Å². The molecular weight excluding hydrogens is 186 g/mol. The number of carbonyl (C=O) groups is 1. The minimum Gasteiger partial charge on any atom is -0.326 e. The quantitative estimate of drug-likeness (QED) is 0.543. The molecule has 0 atom stereocenters. The van der Waals surface area contributed by atoms with E-state index in [4.69, 9.17) is 0 Å². The fraction of sp³-hybridized carbons (Fsp3) is 0.462. The number of carbonyl (C=O) groups excluding carboxylic acids is 1. The summed E-state index contributed by atoms with van der Waals surface area (Å²) in [5.74, 6) is -0.0171. The van der Waals surface area contributed by atoms with Crippen molar-refractivity contribution in [3.05, 3.63) is 35.6 Å². The molecule has 84 valence electrons. The highest BCUT2D eigenvalue weighted by Crippen LogP contribution is 2.10. The number of hydrogen-bond acceptors (Lipinski definition) is 1. The van der Waals surface area contributed by atoms with Crippen molar-refractivity contribution in [1.29, 1.82) is 0 Å². The number of hydrogen-bond donors (Lipinski definition) is 1. The van der Waals surface area contributed by atoms with Gasteiger partial charge < -0.3 is 5.32 Å². The molecule has 1 N–H and O–H groups in total. The van der Waals surface area contributed by atoms with Gasteiger partial charge in [-0.3, -0.25) is 4.79 Å². The summed E-state index contributed by atoms with van der Waals surface area (Å²) in [5.41, 5.74) is 2.79. The Morgan fingerprint density at radius 2 is 1.93 bits per heavy atom. The average Bonchev–Trinajstić information content (AvgIpc) is 2.17. The van der Waals surface area contributed by atoms with Gasteiger partial charge in [0, 0.05) is 11.3 Å². The molecule has 0 aromatic carbocycles. The molecule has 0 aliphatic heterocycles. The van der Waals surface area contributed by atoms with Crippen LogP contribution in [0.4, 0.5) is 0 Å². The molecule has 1 amide bonds. The lowest BCUT2D eigenvalue weighted by Crippen LogP contribution is -2.22. The van der Waals surface area contributed by atoms with Gasteiger partial charge in [0.15, 0.2) is 0 Å². The first-order valence-corrected chi connectivity index (χ1v) is 5.30. The van der Waals surface area contributed by atoms with E-state index in [-0.39, 0.29) is 5.91 Å². The zero-order valence-electron chi connectivity index (χ0n) is 10.2. The van der Waals surface area contributed by atoms with Crippen molar-refractivity contribution in [1.82, 2.24) is 5.32 Å². The zero-order chi connectivity index (χ0) is 11.8. The third kappa shape index (κ3) is 5.21. The van der Waals surface area contributed by atoms with Crippen molar-refractivity contribution >= 4 is 5.91 Å². The van der Waals surface area contributed by atoms with Crippen LogP contribution in [0.3, 0.4) is 0 Å². The Labute approximate surface area is 92.8 Å². The van der Waals surface area contributed by atoms with Gasteiger partial charge in [0.25, 0.3) is 5.91 Å². The fourth-order valence-corrected chi connectivity index (χ4v) is 1.25. The van der Waals surface area contributed by atoms with Crippen molar-refractivity contribution in [3.8, 4) is 0 Å². The monoisotopic (exact) mass is 207 g/mol. The Balaban J connectivity index is 4.52. The maximum Gasteiger partial charge on any atom is 0.250 e. The lowest BCUT2D eigenvalue weighted by atomic mass is 10.1. The molecule has 0 saturated heterocycles. The largest absolute Gasteiger partial charge is 0.326 e. The van der Waals surface area contributed by atoms with Gasteiger partial charge >= 0.3 is 0 Å². The summed E-state index contributed by atoms with van der Waals surface area (Å²) in [6, 6.07) is 0. The predicted molar refractivity (Wildman–Crippen MR) is 65.4 cm³/mol. The number of allylic oxidation sites excluding steroid dienone is 4. The summed E-state index contributed by atoms with van der Waals surface area (Å²) in [6.07, 6.45) is 5.48. The third-order valence-electron chi connectivity index (χ3n) is 2.28. The van der Waals surface area contributed by atoms with E-state index >= 15 is 0 Å². The van der Waals surface area contributed by atoms with Gasteiger partial charge in [-0.1, -0.05) is 31.6 Å². The molecule has 0 spiro atoms. The van der Waals surface area contributed by atoms with Gasteiger partial charge in [0.1, 0.15) is 0 Å². The van der Waals surface area contributed by atoms with E-state index in [1.165, 1.54) is 0 Å². The minimum atomic E-state index is -0.0171. The molecule has 0 aromatic rings. The summed E-state index contributed by atoms with van der Waals surface area (Å²) in [6.45, 7) is 11.4. The second-order valence-corrected chi connectivity index (χ2v) is 3.69. The molecule has 0 bridgehead atoms. The first kappa shape index (κ1) is 13.7. The van der Waals surface area contributed by atoms with E-state index in [2.05, 4.69) is 18.8 Å². The number of amides is 1. The van der Waals surface area contributed by atoms with E-state index in [1.807, 2.05) is 20.8 Å². The SMILES string of the molecule is C=C/C=C(\C)NC(=O)/C(C)=C(/C)CCC. The van der Waals surface area contributed by atoms with Crippen molar-refractivity contribution in [2.45, 2.75) is 40.5 Å². The molecule has 0 fully saturated rings. The van der Waals surface area contributed by atoms with Crippen molar-refractivity contribution in [2.24, 2.45) is 0 Å². The normalized spacial score (nSPS) is 13.2. The van der Waals surface area contributed by atoms with Crippen LogP contribution in [0.1, 0.15) is 40.5 Å². The van der Waals surface area contributed by atoms with Gasteiger partial charge in [-0.2, -0.15) is 0 Å². The summed E-state index contributed by atoms with van der Waals surface area (Å²) in [4.78, 5) is 11.7. The Bertz CT molecular complexity index is 298. The smallest absolute Gasteiger partial charge is 0.250 e. The van der Waals surface area contributed by atoms with E-state index in [0.717, 1.165) is 29.7 Å². The highest BCUT2D eigenvalue weighted by atomic mass is 16.1. The molecule has 2 heteroatoms. The van der Waals surface area contributed by atoms with Gasteiger partial charge in [-0.05, 0) is 33.3 Å². The molecule has 0 radical (unpaired) electrons. The topological polar surface area (TPSA) is 29.1 Å². The Morgan fingerprint density at radius 3 is 2.40 bits per heavy atom. The van der Waals surface area contributed by atoms with E-state index in [9.17, 15) is 4.79 Å². The van der Waals surface area contributed by atoms with Gasteiger partial charge in [-0.25, -0.2) is 0 Å². The maximum absolute atomic E-state index is 11.7. The summed E-state index contributed by atoms with van der Waals surface area (Å²) >= 11 is 0. The lowest BCUT2D eigenvalue weighted by molar-refractivity contribution is -0.116. The van der Waals surface area contributed by atoms with Crippen LogP contribution in [0.2, 0.25) is 0 Å². The molecule has 0 saturated carbocycles. The second-order valence-electron chi connectivity index (χ2n) is 3.69. The predicted octanol–water partition coefficient (Wildman–Crippen LogP) is 3.33. The molecule has 0 rings (SSSR count). The van der Waals surface area contributed by atoms with Crippen molar-refractivity contribution in [2.75, 3.05) is 0 Å². The van der Waals surface area contributed by atoms with E-state index < -0.39 is 0 Å². The van der Waals surface area contributed by atoms with Crippen LogP contribution < -0.4 is 5.32 Å². The van der Waals surface area contributed by atoms with Crippen LogP contribution in [-0.2, 0) is 4.79 Å². The average molecular weight is 207 g/mol. The molecule has 0 unspecified atom stereocenters. The molecular formula is C13H21NO. The third-order valence-corrected chi connectivity index (χ3v) is 2.28. The zero-order valence-corrected chi connectivity index (χ0v) is 10.2. The van der Waals surface area contributed by atoms with Crippen LogP contribution in [0.5, 0.6) is 0 Å². The summed E-state index contributed by atoms with van der Waals surface area (Å²) in [7, 11) is 0. The van der Waals surface area contributed by atoms with Crippen molar-refractivity contribution in [3.63, 3.8) is 0 Å². The van der Waals surface area contributed by atoms with Crippen LogP contribution in [0.15, 0.2) is 35.6 Å². The molecule has 15 heavy (non-hydrogen) atoms. The highest BCUT2D eigenvalue weighted by molar-refractivity contribution is 5.94. The van der Waals surface area contributed by atoms with Crippen molar-refractivity contribution < 1.29 is 4.79 Å². The number of rotatable bonds is 5. The fourth-order valence-electron chi connectivity index (χ4n) is 1.25. The molecule has 0 aromatic heterocycles. The van der Waals surface area contributed by atoms with E-state index in [1.54, 1.807) is 12.2 Å². The van der Waals surface area contributed by atoms with Gasteiger partial charge in [0.2, 0.25) is 0 Å². The number of nitrogens with one attached hydrogen (secondary N) is 1. The lowest BCUT2D eigenvalue weighted by Gasteiger charge is -2.08. The van der Waals surface area contributed by atoms with Gasteiger partial charge in [0.05, 0.1) is 0 Å². The highest BCUT2D eigenvalue weighted by Gasteiger charge is 2.06. The molecule has 0 aliphatic carbocycles. The molecule has 0 aliphatic rings. The van der Waals surface area contributed by atoms with Crippen LogP contribution >= 0.6 is 0 Å². The summed E-state index contributed by atoms with van der Waals surface area (Å²) in [5, 5.41) is 2.81. The minimum absolute atomic E-state index is 0.0171. The first-order valence-electron chi connectivity index (χ1n) is 5.30. The molecule has 2 nitrogen and oxygen atoms in total. The molecule has 0 heterocycles. The Morgan fingerprint density at radius 1 is 1.33 bits per heavy atom. The second kappa shape index (κ2) is 7.04. The van der Waals surface area contributed by atoms with E-state index in [0.29, 0.717) is 0 Å². The standard InChI is InChI=1S/C13H21NO/c1-6-8-10(3)12(5)13(15)14-11(4)9-7-2/h7,9H,2,6,8H2,1,3-5H3,(H,14,15)/b11-9+,12-10-.